The molecule has 1 saturated heterocycles. The van der Waals surface area contributed by atoms with Gasteiger partial charge < -0.3 is 19.7 Å². The van der Waals surface area contributed by atoms with Gasteiger partial charge in [0.05, 0.1) is 11.7 Å². The van der Waals surface area contributed by atoms with E-state index in [9.17, 15) is 9.59 Å². The van der Waals surface area contributed by atoms with E-state index < -0.39 is 6.04 Å². The highest BCUT2D eigenvalue weighted by Gasteiger charge is 2.23. The largest absolute Gasteiger partial charge is 0.354 e. The third-order valence-corrected chi connectivity index (χ3v) is 6.53. The number of hydrogen-bond donors (Lipinski definition) is 1. The van der Waals surface area contributed by atoms with Crippen LogP contribution in [0, 0.1) is 0 Å². The van der Waals surface area contributed by atoms with E-state index in [-0.39, 0.29) is 11.5 Å². The van der Waals surface area contributed by atoms with Crippen LogP contribution in [0.15, 0.2) is 35.3 Å². The fourth-order valence-electron chi connectivity index (χ4n) is 4.72. The van der Waals surface area contributed by atoms with E-state index in [1.54, 1.807) is 13.2 Å². The summed E-state index contributed by atoms with van der Waals surface area (Å²) in [5.74, 6) is -0.0701. The van der Waals surface area contributed by atoms with E-state index >= 15 is 0 Å². The first-order valence-corrected chi connectivity index (χ1v) is 11.7. The van der Waals surface area contributed by atoms with Crippen molar-refractivity contribution in [3.8, 4) is 0 Å². The molecule has 1 aromatic carbocycles. The molecule has 4 rings (SSSR count). The molecule has 0 unspecified atom stereocenters. The number of carbonyl (C=O) groups is 1. The van der Waals surface area contributed by atoms with Gasteiger partial charge in [0, 0.05) is 50.5 Å². The van der Waals surface area contributed by atoms with Gasteiger partial charge in [-0.2, -0.15) is 5.10 Å². The molecular formula is C24H34N6O2. The van der Waals surface area contributed by atoms with Crippen molar-refractivity contribution in [2.45, 2.75) is 32.7 Å². The minimum atomic E-state index is -0.495. The molecule has 172 valence electrons. The Morgan fingerprint density at radius 1 is 1.09 bits per heavy atom. The first kappa shape index (κ1) is 22.5. The van der Waals surface area contributed by atoms with Crippen molar-refractivity contribution in [1.82, 2.24) is 29.5 Å². The smallest absolute Gasteiger partial charge is 0.291 e. The van der Waals surface area contributed by atoms with Crippen LogP contribution in [-0.4, -0.2) is 75.9 Å². The Bertz CT molecular complexity index is 1140. The molecule has 0 spiro atoms. The standard InChI is InChI=1S/C24H34N6O2/c1-4-11-28-13-15-29(16-14-28)12-7-10-25-23(31)18(2)30-21-9-6-5-8-19(21)20-17-26-27(3)24(32)22(20)30/h5-6,8-9,17-18H,4,7,10-16H2,1-3H3,(H,25,31)/t18-/m0/s1. The highest BCUT2D eigenvalue weighted by atomic mass is 16.2. The van der Waals surface area contributed by atoms with Gasteiger partial charge in [0.2, 0.25) is 5.91 Å². The van der Waals surface area contributed by atoms with Crippen molar-refractivity contribution >= 4 is 27.7 Å². The number of aromatic nitrogens is 3. The SMILES string of the molecule is CCCN1CCN(CCCNC(=O)[C@H](C)n2c3ccccc3c3cnn(C)c(=O)c32)CC1. The highest BCUT2D eigenvalue weighted by Crippen LogP contribution is 2.29. The molecule has 1 aliphatic heterocycles. The molecule has 0 bridgehead atoms. The van der Waals surface area contributed by atoms with E-state index in [0.29, 0.717) is 12.1 Å². The number of carbonyl (C=O) groups excluding carboxylic acids is 1. The van der Waals surface area contributed by atoms with Crippen molar-refractivity contribution in [3.63, 3.8) is 0 Å². The van der Waals surface area contributed by atoms with Crippen LogP contribution >= 0.6 is 0 Å². The number of benzene rings is 1. The molecule has 1 amide bonds. The topological polar surface area (TPSA) is 75.4 Å². The maximum Gasteiger partial charge on any atom is 0.291 e. The Balaban J connectivity index is 1.41. The molecule has 8 nitrogen and oxygen atoms in total. The molecule has 1 N–H and O–H groups in total. The average Bonchev–Trinajstić information content (AvgIpc) is 3.15. The van der Waals surface area contributed by atoms with Gasteiger partial charge in [-0.05, 0) is 38.9 Å². The normalized spacial score (nSPS) is 16.6. The molecule has 3 aromatic rings. The number of nitrogens with one attached hydrogen (secondary N) is 1. The number of para-hydroxylation sites is 1. The summed E-state index contributed by atoms with van der Waals surface area (Å²) in [5, 5.41) is 8.98. The van der Waals surface area contributed by atoms with Crippen LogP contribution < -0.4 is 10.9 Å². The maximum atomic E-state index is 13.0. The zero-order valence-electron chi connectivity index (χ0n) is 19.4. The third-order valence-electron chi connectivity index (χ3n) is 6.53. The number of rotatable bonds is 8. The Kier molecular flexibility index (Phi) is 6.91. The van der Waals surface area contributed by atoms with Crippen LogP contribution in [0.1, 0.15) is 32.7 Å². The van der Waals surface area contributed by atoms with Crippen molar-refractivity contribution in [2.24, 2.45) is 7.05 Å². The molecule has 2 aromatic heterocycles. The molecule has 0 saturated carbocycles. The summed E-state index contributed by atoms with van der Waals surface area (Å²) in [6.07, 6.45) is 3.84. The second-order valence-corrected chi connectivity index (χ2v) is 8.73. The molecule has 8 heteroatoms. The predicted octanol–water partition coefficient (Wildman–Crippen LogP) is 1.98. The lowest BCUT2D eigenvalue weighted by atomic mass is 10.2. The lowest BCUT2D eigenvalue weighted by Gasteiger charge is -2.34. The third kappa shape index (κ3) is 4.42. The minimum absolute atomic E-state index is 0.0701. The lowest BCUT2D eigenvalue weighted by Crippen LogP contribution is -2.47. The van der Waals surface area contributed by atoms with Gasteiger partial charge >= 0.3 is 0 Å². The van der Waals surface area contributed by atoms with E-state index in [1.165, 1.54) is 17.6 Å². The van der Waals surface area contributed by atoms with E-state index in [1.807, 2.05) is 35.8 Å². The summed E-state index contributed by atoms with van der Waals surface area (Å²) in [4.78, 5) is 30.9. The summed E-state index contributed by atoms with van der Waals surface area (Å²) in [6.45, 7) is 11.4. The summed E-state index contributed by atoms with van der Waals surface area (Å²) < 4.78 is 3.18. The fraction of sp³-hybridized carbons (Fsp3) is 0.542. The highest BCUT2D eigenvalue weighted by molar-refractivity contribution is 6.08. The van der Waals surface area contributed by atoms with Crippen LogP contribution in [0.2, 0.25) is 0 Å². The van der Waals surface area contributed by atoms with Crippen LogP contribution in [0.5, 0.6) is 0 Å². The Hall–Kier alpha value is -2.71. The number of fused-ring (bicyclic) bond motifs is 3. The molecule has 1 aliphatic rings. The monoisotopic (exact) mass is 438 g/mol. The fourth-order valence-corrected chi connectivity index (χ4v) is 4.72. The van der Waals surface area contributed by atoms with Gasteiger partial charge in [0.15, 0.2) is 0 Å². The maximum absolute atomic E-state index is 13.0. The molecule has 0 aliphatic carbocycles. The second kappa shape index (κ2) is 9.83. The summed E-state index contributed by atoms with van der Waals surface area (Å²) in [7, 11) is 1.64. The minimum Gasteiger partial charge on any atom is -0.354 e. The van der Waals surface area contributed by atoms with Crippen molar-refractivity contribution < 1.29 is 4.79 Å². The molecule has 0 radical (unpaired) electrons. The van der Waals surface area contributed by atoms with Gasteiger partial charge in [0.1, 0.15) is 11.6 Å². The molecular weight excluding hydrogens is 404 g/mol. The molecule has 1 fully saturated rings. The van der Waals surface area contributed by atoms with Crippen LogP contribution in [0.4, 0.5) is 0 Å². The number of aryl methyl sites for hydroxylation is 1. The van der Waals surface area contributed by atoms with Crippen molar-refractivity contribution in [2.75, 3.05) is 45.8 Å². The number of hydrogen-bond acceptors (Lipinski definition) is 5. The van der Waals surface area contributed by atoms with E-state index in [0.717, 1.165) is 55.4 Å². The predicted molar refractivity (Wildman–Crippen MR) is 128 cm³/mol. The van der Waals surface area contributed by atoms with Crippen LogP contribution in [0.3, 0.4) is 0 Å². The zero-order chi connectivity index (χ0) is 22.7. The summed E-state index contributed by atoms with van der Waals surface area (Å²) in [5.41, 5.74) is 1.21. The molecule has 32 heavy (non-hydrogen) atoms. The second-order valence-electron chi connectivity index (χ2n) is 8.73. The zero-order valence-corrected chi connectivity index (χ0v) is 19.4. The van der Waals surface area contributed by atoms with Crippen molar-refractivity contribution in [1.29, 1.82) is 0 Å². The van der Waals surface area contributed by atoms with Crippen LogP contribution in [0.25, 0.3) is 21.8 Å². The van der Waals surface area contributed by atoms with E-state index in [4.69, 9.17) is 0 Å². The number of piperazine rings is 1. The quantitative estimate of drug-likeness (QED) is 0.545. The average molecular weight is 439 g/mol. The Labute approximate surface area is 188 Å². The summed E-state index contributed by atoms with van der Waals surface area (Å²) in [6, 6.07) is 7.30. The molecule has 3 heterocycles. The Morgan fingerprint density at radius 2 is 1.78 bits per heavy atom. The summed E-state index contributed by atoms with van der Waals surface area (Å²) >= 11 is 0. The van der Waals surface area contributed by atoms with Crippen molar-refractivity contribution in [3.05, 3.63) is 40.8 Å². The lowest BCUT2D eigenvalue weighted by molar-refractivity contribution is -0.123. The van der Waals surface area contributed by atoms with Gasteiger partial charge in [-0.1, -0.05) is 25.1 Å². The molecule has 1 atom stereocenters. The Morgan fingerprint density at radius 3 is 2.50 bits per heavy atom. The first-order valence-electron chi connectivity index (χ1n) is 11.7. The number of nitrogens with zero attached hydrogens (tertiary/aromatic N) is 5. The first-order chi connectivity index (χ1) is 15.5. The van der Waals surface area contributed by atoms with Gasteiger partial charge in [-0.3, -0.25) is 9.59 Å². The van der Waals surface area contributed by atoms with Gasteiger partial charge in [0.25, 0.3) is 5.56 Å². The van der Waals surface area contributed by atoms with Gasteiger partial charge in [-0.25, -0.2) is 4.68 Å². The van der Waals surface area contributed by atoms with Crippen LogP contribution in [-0.2, 0) is 11.8 Å². The number of amides is 1. The van der Waals surface area contributed by atoms with E-state index in [2.05, 4.69) is 27.1 Å². The van der Waals surface area contributed by atoms with Gasteiger partial charge in [-0.15, -0.1) is 0 Å².